The fourth-order valence-electron chi connectivity index (χ4n) is 4.22. The van der Waals surface area contributed by atoms with Crippen molar-refractivity contribution < 1.29 is 9.32 Å². The van der Waals surface area contributed by atoms with Crippen molar-refractivity contribution in [3.63, 3.8) is 0 Å². The Kier molecular flexibility index (Phi) is 3.48. The minimum Gasteiger partial charge on any atom is -0.360 e. The lowest BCUT2D eigenvalue weighted by Crippen LogP contribution is -2.63. The van der Waals surface area contributed by atoms with Gasteiger partial charge in [-0.1, -0.05) is 24.4 Å². The van der Waals surface area contributed by atoms with Crippen LogP contribution in [0.25, 0.3) is 0 Å². The van der Waals surface area contributed by atoms with Crippen LogP contribution in [0.15, 0.2) is 10.6 Å². The van der Waals surface area contributed by atoms with E-state index in [0.29, 0.717) is 11.6 Å². The number of carbonyl (C=O) groups is 1. The molecular formula is C17H25N3O2. The van der Waals surface area contributed by atoms with Gasteiger partial charge in [-0.3, -0.25) is 4.79 Å². The lowest BCUT2D eigenvalue weighted by molar-refractivity contribution is -0.00839. The first-order chi connectivity index (χ1) is 10.7. The van der Waals surface area contributed by atoms with Gasteiger partial charge in [0.15, 0.2) is 5.69 Å². The number of likely N-dealkylation sites (N-methyl/N-ethyl adjacent to an activating group) is 1. The summed E-state index contributed by atoms with van der Waals surface area (Å²) in [5.41, 5.74) is 0.525. The number of piperazine rings is 1. The normalized spacial score (nSPS) is 25.6. The first-order valence-corrected chi connectivity index (χ1v) is 8.65. The summed E-state index contributed by atoms with van der Waals surface area (Å²) in [5, 5.41) is 4.07. The lowest BCUT2D eigenvalue weighted by atomic mass is 9.78. The predicted molar refractivity (Wildman–Crippen MR) is 82.8 cm³/mol. The summed E-state index contributed by atoms with van der Waals surface area (Å²) < 4.78 is 5.39. The van der Waals surface area contributed by atoms with Crippen LogP contribution in [0, 0.1) is 0 Å². The van der Waals surface area contributed by atoms with Gasteiger partial charge >= 0.3 is 0 Å². The van der Waals surface area contributed by atoms with Crippen LogP contribution in [0.3, 0.4) is 0 Å². The Morgan fingerprint density at radius 1 is 1.27 bits per heavy atom. The van der Waals surface area contributed by atoms with E-state index >= 15 is 0 Å². The van der Waals surface area contributed by atoms with Crippen molar-refractivity contribution in [1.82, 2.24) is 15.0 Å². The van der Waals surface area contributed by atoms with Crippen LogP contribution in [0.5, 0.6) is 0 Å². The van der Waals surface area contributed by atoms with Crippen molar-refractivity contribution in [1.29, 1.82) is 0 Å². The number of carbonyl (C=O) groups excluding carboxylic acids is 1. The Balaban J connectivity index is 1.58. The molecule has 0 N–H and O–H groups in total. The Morgan fingerprint density at radius 3 is 2.77 bits per heavy atom. The molecule has 1 aromatic heterocycles. The molecule has 0 unspecified atom stereocenters. The summed E-state index contributed by atoms with van der Waals surface area (Å²) in [6.07, 6.45) is 8.33. The minimum atomic E-state index is 0.0149. The van der Waals surface area contributed by atoms with E-state index in [9.17, 15) is 4.79 Å². The average molecular weight is 303 g/mol. The molecule has 120 valence electrons. The Labute approximate surface area is 131 Å². The van der Waals surface area contributed by atoms with E-state index in [2.05, 4.69) is 22.0 Å². The third-order valence-corrected chi connectivity index (χ3v) is 5.60. The number of aromatic nitrogens is 1. The van der Waals surface area contributed by atoms with Gasteiger partial charge in [-0.15, -0.1) is 0 Å². The van der Waals surface area contributed by atoms with Gasteiger partial charge in [-0.2, -0.15) is 0 Å². The largest absolute Gasteiger partial charge is 0.360 e. The van der Waals surface area contributed by atoms with Gasteiger partial charge < -0.3 is 14.3 Å². The highest BCUT2D eigenvalue weighted by Gasteiger charge is 2.44. The van der Waals surface area contributed by atoms with E-state index in [1.54, 1.807) is 0 Å². The second-order valence-corrected chi connectivity index (χ2v) is 7.37. The number of hydrogen-bond donors (Lipinski definition) is 0. The Bertz CT molecular complexity index is 558. The highest BCUT2D eigenvalue weighted by atomic mass is 16.5. The maximum Gasteiger partial charge on any atom is 0.276 e. The molecule has 3 fully saturated rings. The lowest BCUT2D eigenvalue weighted by Gasteiger charge is -2.52. The molecule has 1 saturated heterocycles. The maximum absolute atomic E-state index is 13.0. The molecule has 1 aromatic rings. The molecular weight excluding hydrogens is 278 g/mol. The minimum absolute atomic E-state index is 0.0149. The zero-order valence-electron chi connectivity index (χ0n) is 13.4. The van der Waals surface area contributed by atoms with Gasteiger partial charge in [0.2, 0.25) is 0 Å². The van der Waals surface area contributed by atoms with Gasteiger partial charge in [0.05, 0.1) is 5.54 Å². The molecule has 1 aliphatic heterocycles. The van der Waals surface area contributed by atoms with E-state index in [1.807, 2.05) is 6.07 Å². The summed E-state index contributed by atoms with van der Waals surface area (Å²) in [4.78, 5) is 17.5. The first kappa shape index (κ1) is 14.2. The van der Waals surface area contributed by atoms with E-state index in [1.165, 1.54) is 32.1 Å². The van der Waals surface area contributed by atoms with E-state index in [4.69, 9.17) is 4.52 Å². The van der Waals surface area contributed by atoms with Gasteiger partial charge in [-0.05, 0) is 32.7 Å². The first-order valence-electron chi connectivity index (χ1n) is 8.65. The van der Waals surface area contributed by atoms with Crippen molar-refractivity contribution in [2.24, 2.45) is 0 Å². The summed E-state index contributed by atoms with van der Waals surface area (Å²) in [6.45, 7) is 2.74. The van der Waals surface area contributed by atoms with Gasteiger partial charge in [0.25, 0.3) is 5.91 Å². The van der Waals surface area contributed by atoms with Gasteiger partial charge in [0.1, 0.15) is 5.76 Å². The van der Waals surface area contributed by atoms with Crippen LogP contribution in [0.1, 0.15) is 67.1 Å². The van der Waals surface area contributed by atoms with E-state index in [0.717, 1.165) is 38.2 Å². The molecule has 22 heavy (non-hydrogen) atoms. The Hall–Kier alpha value is -1.36. The van der Waals surface area contributed by atoms with Gasteiger partial charge in [-0.25, -0.2) is 0 Å². The molecule has 0 atom stereocenters. The predicted octanol–water partition coefficient (Wildman–Crippen LogP) is 2.64. The Morgan fingerprint density at radius 2 is 2.05 bits per heavy atom. The smallest absolute Gasteiger partial charge is 0.276 e. The van der Waals surface area contributed by atoms with Crippen LogP contribution >= 0.6 is 0 Å². The third kappa shape index (κ3) is 2.45. The zero-order chi connectivity index (χ0) is 15.2. The second kappa shape index (κ2) is 5.37. The van der Waals surface area contributed by atoms with Crippen molar-refractivity contribution >= 4 is 5.91 Å². The number of nitrogens with zero attached hydrogens (tertiary/aromatic N) is 3. The van der Waals surface area contributed by atoms with Crippen LogP contribution in [0.4, 0.5) is 0 Å². The van der Waals surface area contributed by atoms with Crippen molar-refractivity contribution in [2.75, 3.05) is 26.7 Å². The van der Waals surface area contributed by atoms with Crippen LogP contribution in [-0.2, 0) is 0 Å². The molecule has 0 aromatic carbocycles. The molecule has 5 heteroatoms. The molecule has 2 heterocycles. The molecule has 0 radical (unpaired) electrons. The quantitative estimate of drug-likeness (QED) is 0.843. The van der Waals surface area contributed by atoms with Crippen LogP contribution < -0.4 is 0 Å². The third-order valence-electron chi connectivity index (χ3n) is 5.60. The standard InChI is InChI=1S/C17H25N3O2/c1-19-9-10-20(17(12-19)7-3-2-4-8-17)16(21)14-11-15(22-18-14)13-5-6-13/h11,13H,2-10,12H2,1H3. The number of hydrogen-bond acceptors (Lipinski definition) is 4. The molecule has 2 saturated carbocycles. The highest BCUT2D eigenvalue weighted by molar-refractivity contribution is 5.93. The average Bonchev–Trinajstić information content (AvgIpc) is 3.25. The summed E-state index contributed by atoms with van der Waals surface area (Å²) in [5.74, 6) is 1.48. The molecule has 4 rings (SSSR count). The molecule has 1 spiro atoms. The highest BCUT2D eigenvalue weighted by Crippen LogP contribution is 2.41. The van der Waals surface area contributed by atoms with E-state index < -0.39 is 0 Å². The topological polar surface area (TPSA) is 49.6 Å². The second-order valence-electron chi connectivity index (χ2n) is 7.37. The molecule has 1 amide bonds. The summed E-state index contributed by atoms with van der Waals surface area (Å²) in [7, 11) is 2.17. The van der Waals surface area contributed by atoms with Crippen molar-refractivity contribution in [3.8, 4) is 0 Å². The zero-order valence-corrected chi connectivity index (χ0v) is 13.4. The van der Waals surface area contributed by atoms with Crippen molar-refractivity contribution in [3.05, 3.63) is 17.5 Å². The molecule has 0 bridgehead atoms. The van der Waals surface area contributed by atoms with Crippen molar-refractivity contribution in [2.45, 2.75) is 56.4 Å². The van der Waals surface area contributed by atoms with Gasteiger partial charge in [0, 0.05) is 31.6 Å². The van der Waals surface area contributed by atoms with Crippen LogP contribution in [-0.4, -0.2) is 53.1 Å². The maximum atomic E-state index is 13.0. The SMILES string of the molecule is CN1CCN(C(=O)c2cc(C3CC3)on2)C2(CCCCC2)C1. The summed E-state index contributed by atoms with van der Waals surface area (Å²) >= 11 is 0. The molecule has 2 aliphatic carbocycles. The fraction of sp³-hybridized carbons (Fsp3) is 0.765. The number of amides is 1. The fourth-order valence-corrected chi connectivity index (χ4v) is 4.22. The van der Waals surface area contributed by atoms with Crippen LogP contribution in [0.2, 0.25) is 0 Å². The molecule has 5 nitrogen and oxygen atoms in total. The molecule has 3 aliphatic rings. The van der Waals surface area contributed by atoms with E-state index in [-0.39, 0.29) is 11.4 Å². The summed E-state index contributed by atoms with van der Waals surface area (Å²) in [6, 6.07) is 1.88. The monoisotopic (exact) mass is 303 g/mol. The number of rotatable bonds is 2.